The van der Waals surface area contributed by atoms with Crippen LogP contribution in [0.1, 0.15) is 36.3 Å². The van der Waals surface area contributed by atoms with Crippen LogP contribution >= 0.6 is 0 Å². The van der Waals surface area contributed by atoms with Gasteiger partial charge in [-0.1, -0.05) is 12.1 Å². The first-order valence-electron chi connectivity index (χ1n) is 8.94. The van der Waals surface area contributed by atoms with Gasteiger partial charge in [-0.3, -0.25) is 9.69 Å². The van der Waals surface area contributed by atoms with Gasteiger partial charge in [0.15, 0.2) is 0 Å². The predicted molar refractivity (Wildman–Crippen MR) is 91.9 cm³/mol. The smallest absolute Gasteiger partial charge is 0.220 e. The Morgan fingerprint density at radius 3 is 2.80 bits per heavy atom. The summed E-state index contributed by atoms with van der Waals surface area (Å²) in [5, 5.41) is 2.97. The number of rotatable bonds is 6. The van der Waals surface area contributed by atoms with E-state index in [0.29, 0.717) is 18.9 Å². The number of hydrogen-bond acceptors (Lipinski definition) is 3. The first-order valence-corrected chi connectivity index (χ1v) is 8.94. The molecule has 0 radical (unpaired) electrons. The lowest BCUT2D eigenvalue weighted by molar-refractivity contribution is -0.121. The van der Waals surface area contributed by atoms with Crippen LogP contribution in [0.3, 0.4) is 0 Å². The molecule has 1 fully saturated rings. The van der Waals surface area contributed by atoms with E-state index in [0.717, 1.165) is 43.3 Å². The zero-order valence-electron chi connectivity index (χ0n) is 14.2. The van der Waals surface area contributed by atoms with Crippen molar-refractivity contribution in [1.82, 2.24) is 19.8 Å². The van der Waals surface area contributed by atoms with E-state index in [1.54, 1.807) is 0 Å². The van der Waals surface area contributed by atoms with Crippen LogP contribution in [0.4, 0.5) is 4.39 Å². The zero-order valence-corrected chi connectivity index (χ0v) is 14.2. The average Bonchev–Trinajstić information content (AvgIpc) is 3.31. The minimum absolute atomic E-state index is 0.131. The molecule has 2 heterocycles. The molecule has 132 valence electrons. The molecular formula is C19H23FN4O. The average molecular weight is 342 g/mol. The maximum atomic E-state index is 13.0. The standard InChI is InChI=1S/C19H23FN4O/c20-16-5-3-15(4-6-16)11-23-7-8-24-12-17(22-18(24)13-23)10-21-19(25)9-14-1-2-14/h3-6,12,14H,1-2,7-11,13H2,(H,21,25). The summed E-state index contributed by atoms with van der Waals surface area (Å²) in [5.74, 6) is 1.56. The third-order valence-corrected chi connectivity index (χ3v) is 4.89. The van der Waals surface area contributed by atoms with Crippen LogP contribution in [0.15, 0.2) is 30.5 Å². The van der Waals surface area contributed by atoms with Crippen LogP contribution in [0.2, 0.25) is 0 Å². The number of amides is 1. The number of halogens is 1. The number of benzene rings is 1. The van der Waals surface area contributed by atoms with Gasteiger partial charge in [0, 0.05) is 32.3 Å². The van der Waals surface area contributed by atoms with Gasteiger partial charge in [0.1, 0.15) is 11.6 Å². The summed E-state index contributed by atoms with van der Waals surface area (Å²) >= 11 is 0. The number of carbonyl (C=O) groups excluding carboxylic acids is 1. The number of fused-ring (bicyclic) bond motifs is 1. The van der Waals surface area contributed by atoms with Crippen LogP contribution in [-0.4, -0.2) is 26.9 Å². The molecule has 1 aromatic carbocycles. The van der Waals surface area contributed by atoms with Gasteiger partial charge in [-0.05, 0) is 36.5 Å². The van der Waals surface area contributed by atoms with Gasteiger partial charge in [-0.2, -0.15) is 0 Å². The lowest BCUT2D eigenvalue weighted by Gasteiger charge is -2.27. The Balaban J connectivity index is 1.32. The Labute approximate surface area is 146 Å². The summed E-state index contributed by atoms with van der Waals surface area (Å²) in [6, 6.07) is 6.67. The van der Waals surface area contributed by atoms with Gasteiger partial charge in [-0.25, -0.2) is 9.37 Å². The Morgan fingerprint density at radius 2 is 2.04 bits per heavy atom. The first kappa shape index (κ1) is 16.3. The van der Waals surface area contributed by atoms with Crippen molar-refractivity contribution >= 4 is 5.91 Å². The zero-order chi connectivity index (χ0) is 17.2. The van der Waals surface area contributed by atoms with Crippen LogP contribution in [0.5, 0.6) is 0 Å². The highest BCUT2D eigenvalue weighted by Crippen LogP contribution is 2.32. The summed E-state index contributed by atoms with van der Waals surface area (Å²) in [4.78, 5) is 18.8. The second-order valence-electron chi connectivity index (χ2n) is 7.10. The van der Waals surface area contributed by atoms with E-state index in [-0.39, 0.29) is 11.7 Å². The van der Waals surface area contributed by atoms with Crippen molar-refractivity contribution in [3.8, 4) is 0 Å². The molecule has 0 atom stereocenters. The van der Waals surface area contributed by atoms with Gasteiger partial charge in [-0.15, -0.1) is 0 Å². The molecule has 2 aliphatic rings. The number of nitrogens with zero attached hydrogens (tertiary/aromatic N) is 3. The lowest BCUT2D eigenvalue weighted by atomic mass is 10.2. The van der Waals surface area contributed by atoms with E-state index in [1.807, 2.05) is 18.3 Å². The summed E-state index contributed by atoms with van der Waals surface area (Å²) < 4.78 is 15.2. The fraction of sp³-hybridized carbons (Fsp3) is 0.474. The molecule has 25 heavy (non-hydrogen) atoms. The molecule has 4 rings (SSSR count). The number of hydrogen-bond donors (Lipinski definition) is 1. The Morgan fingerprint density at radius 1 is 1.24 bits per heavy atom. The van der Waals surface area contributed by atoms with Gasteiger partial charge in [0.2, 0.25) is 5.91 Å². The molecule has 1 N–H and O–H groups in total. The topological polar surface area (TPSA) is 50.2 Å². The molecule has 2 aromatic rings. The van der Waals surface area contributed by atoms with E-state index in [9.17, 15) is 9.18 Å². The summed E-state index contributed by atoms with van der Waals surface area (Å²) in [6.45, 7) is 3.89. The van der Waals surface area contributed by atoms with E-state index in [1.165, 1.54) is 25.0 Å². The number of carbonyl (C=O) groups is 1. The molecule has 1 aliphatic heterocycles. The SMILES string of the molecule is O=C(CC1CC1)NCc1cn2c(n1)CN(Cc1ccc(F)cc1)CC2. The maximum Gasteiger partial charge on any atom is 0.220 e. The number of nitrogens with one attached hydrogen (secondary N) is 1. The van der Waals surface area contributed by atoms with E-state index >= 15 is 0 Å². The molecule has 0 saturated heterocycles. The van der Waals surface area contributed by atoms with Crippen molar-refractivity contribution in [1.29, 1.82) is 0 Å². The Kier molecular flexibility index (Phi) is 4.53. The van der Waals surface area contributed by atoms with Gasteiger partial charge >= 0.3 is 0 Å². The highest BCUT2D eigenvalue weighted by Gasteiger charge is 2.24. The highest BCUT2D eigenvalue weighted by atomic mass is 19.1. The van der Waals surface area contributed by atoms with E-state index < -0.39 is 0 Å². The van der Waals surface area contributed by atoms with Gasteiger partial charge in [0.25, 0.3) is 0 Å². The second-order valence-corrected chi connectivity index (χ2v) is 7.10. The molecule has 0 unspecified atom stereocenters. The monoisotopic (exact) mass is 342 g/mol. The third kappa shape index (κ3) is 4.25. The van der Waals surface area contributed by atoms with Crippen LogP contribution in [-0.2, 0) is 31.0 Å². The lowest BCUT2D eigenvalue weighted by Crippen LogP contribution is -2.33. The summed E-state index contributed by atoms with van der Waals surface area (Å²) in [6.07, 6.45) is 5.08. The Bertz CT molecular complexity index is 751. The molecule has 5 nitrogen and oxygen atoms in total. The number of imidazole rings is 1. The molecule has 1 aromatic heterocycles. The molecule has 1 amide bonds. The maximum absolute atomic E-state index is 13.0. The quantitative estimate of drug-likeness (QED) is 0.877. The van der Waals surface area contributed by atoms with Crippen molar-refractivity contribution in [3.05, 3.63) is 53.4 Å². The molecule has 0 spiro atoms. The van der Waals surface area contributed by atoms with Crippen LogP contribution in [0, 0.1) is 11.7 Å². The highest BCUT2D eigenvalue weighted by molar-refractivity contribution is 5.76. The summed E-state index contributed by atoms with van der Waals surface area (Å²) in [7, 11) is 0. The van der Waals surface area contributed by atoms with Crippen molar-refractivity contribution in [3.63, 3.8) is 0 Å². The minimum Gasteiger partial charge on any atom is -0.350 e. The second kappa shape index (κ2) is 6.96. The fourth-order valence-electron chi connectivity index (χ4n) is 3.27. The third-order valence-electron chi connectivity index (χ3n) is 4.89. The summed E-state index contributed by atoms with van der Waals surface area (Å²) in [5.41, 5.74) is 2.02. The van der Waals surface area contributed by atoms with Crippen molar-refractivity contribution in [2.24, 2.45) is 5.92 Å². The predicted octanol–water partition coefficient (Wildman–Crippen LogP) is 2.45. The minimum atomic E-state index is -0.202. The normalized spacial score (nSPS) is 17.3. The van der Waals surface area contributed by atoms with Crippen LogP contribution in [0.25, 0.3) is 0 Å². The fourth-order valence-corrected chi connectivity index (χ4v) is 3.27. The van der Waals surface area contributed by atoms with Crippen LogP contribution < -0.4 is 5.32 Å². The molecule has 0 bridgehead atoms. The van der Waals surface area contributed by atoms with Crippen molar-refractivity contribution in [2.75, 3.05) is 6.54 Å². The molecule has 6 heteroatoms. The number of aromatic nitrogens is 2. The van der Waals surface area contributed by atoms with E-state index in [4.69, 9.17) is 0 Å². The van der Waals surface area contributed by atoms with Crippen molar-refractivity contribution < 1.29 is 9.18 Å². The Hall–Kier alpha value is -2.21. The first-order chi connectivity index (χ1) is 12.2. The van der Waals surface area contributed by atoms with Gasteiger partial charge < -0.3 is 9.88 Å². The molecule has 1 saturated carbocycles. The largest absolute Gasteiger partial charge is 0.350 e. The molecular weight excluding hydrogens is 319 g/mol. The van der Waals surface area contributed by atoms with Crippen molar-refractivity contribution in [2.45, 2.75) is 45.4 Å². The van der Waals surface area contributed by atoms with Gasteiger partial charge in [0.05, 0.1) is 18.8 Å². The molecule has 1 aliphatic carbocycles. The van der Waals surface area contributed by atoms with E-state index in [2.05, 4.69) is 19.8 Å².